The van der Waals surface area contributed by atoms with E-state index in [2.05, 4.69) is 12.2 Å². The topological polar surface area (TPSA) is 46.6 Å². The van der Waals surface area contributed by atoms with Gasteiger partial charge in [0.2, 0.25) is 5.91 Å². The molecule has 2 heterocycles. The van der Waals surface area contributed by atoms with Crippen molar-refractivity contribution in [3.8, 4) is 5.75 Å². The molecule has 3 aromatic rings. The van der Waals surface area contributed by atoms with Crippen molar-refractivity contribution >= 4 is 38.7 Å². The van der Waals surface area contributed by atoms with Crippen LogP contribution in [0.4, 0.5) is 0 Å². The summed E-state index contributed by atoms with van der Waals surface area (Å²) in [6.45, 7) is 1.77. The van der Waals surface area contributed by atoms with Gasteiger partial charge < -0.3 is 9.64 Å². The van der Waals surface area contributed by atoms with E-state index >= 15 is 0 Å². The van der Waals surface area contributed by atoms with Crippen LogP contribution in [0.25, 0.3) is 15.7 Å². The average Bonchev–Trinajstić information content (AvgIpc) is 3.09. The molecule has 5 heteroatoms. The second kappa shape index (κ2) is 11.1. The van der Waals surface area contributed by atoms with Crippen molar-refractivity contribution in [2.75, 3.05) is 20.2 Å². The molecular weight excluding hydrogens is 466 g/mol. The second-order valence-corrected chi connectivity index (χ2v) is 10.4. The van der Waals surface area contributed by atoms with Gasteiger partial charge in [0.25, 0.3) is 0 Å². The van der Waals surface area contributed by atoms with Gasteiger partial charge in [-0.25, -0.2) is 0 Å². The summed E-state index contributed by atoms with van der Waals surface area (Å²) in [5.74, 6) is 1.04. The van der Waals surface area contributed by atoms with E-state index in [1.165, 1.54) is 6.42 Å². The Morgan fingerprint density at radius 3 is 2.56 bits per heavy atom. The Morgan fingerprint density at radius 1 is 0.972 bits per heavy atom. The Kier molecular flexibility index (Phi) is 7.47. The quantitative estimate of drug-likeness (QED) is 0.331. The number of carbonyl (C=O) groups is 2. The summed E-state index contributed by atoms with van der Waals surface area (Å²) in [4.78, 5) is 29.4. The zero-order valence-corrected chi connectivity index (χ0v) is 21.5. The third-order valence-electron chi connectivity index (χ3n) is 6.96. The van der Waals surface area contributed by atoms with E-state index < -0.39 is 0 Å². The van der Waals surface area contributed by atoms with E-state index in [1.54, 1.807) is 18.4 Å². The average molecular weight is 498 g/mol. The number of ketones is 1. The summed E-state index contributed by atoms with van der Waals surface area (Å²) in [5, 5.41) is 0.954. The molecular formula is C31H31NO3S. The van der Waals surface area contributed by atoms with Gasteiger partial charge in [-0.15, -0.1) is 11.3 Å². The first kappa shape index (κ1) is 24.3. The van der Waals surface area contributed by atoms with Crippen molar-refractivity contribution in [1.29, 1.82) is 0 Å². The maximum absolute atomic E-state index is 13.9. The van der Waals surface area contributed by atoms with E-state index in [-0.39, 0.29) is 11.7 Å². The first-order chi connectivity index (χ1) is 17.6. The van der Waals surface area contributed by atoms with Crippen LogP contribution in [0, 0.1) is 0 Å². The zero-order chi connectivity index (χ0) is 24.9. The molecule has 2 aliphatic rings. The molecule has 0 atom stereocenters. The maximum Gasteiger partial charge on any atom is 0.222 e. The molecule has 2 aromatic carbocycles. The minimum atomic E-state index is 0.0236. The van der Waals surface area contributed by atoms with Crippen LogP contribution < -0.4 is 4.74 Å². The maximum atomic E-state index is 13.9. The highest BCUT2D eigenvalue weighted by Crippen LogP contribution is 2.40. The van der Waals surface area contributed by atoms with Crippen molar-refractivity contribution in [3.05, 3.63) is 94.4 Å². The van der Waals surface area contributed by atoms with Gasteiger partial charge in [-0.05, 0) is 61.4 Å². The molecule has 1 amide bonds. The summed E-state index contributed by atoms with van der Waals surface area (Å²) in [6.07, 6.45) is 15.7. The molecule has 36 heavy (non-hydrogen) atoms. The number of ether oxygens (including phenoxy) is 1. The van der Waals surface area contributed by atoms with Crippen LogP contribution in [0.3, 0.4) is 0 Å². The lowest BCUT2D eigenvalue weighted by atomic mass is 9.95. The minimum Gasteiger partial charge on any atom is -0.497 e. The number of methoxy groups -OCH3 is 1. The predicted molar refractivity (Wildman–Crippen MR) is 148 cm³/mol. The Morgan fingerprint density at radius 2 is 1.78 bits per heavy atom. The van der Waals surface area contributed by atoms with Gasteiger partial charge in [-0.1, -0.05) is 54.6 Å². The van der Waals surface area contributed by atoms with E-state index in [4.69, 9.17) is 4.74 Å². The second-order valence-electron chi connectivity index (χ2n) is 9.34. The number of piperidine rings is 1. The van der Waals surface area contributed by atoms with Crippen molar-refractivity contribution in [2.24, 2.45) is 0 Å². The molecule has 1 fully saturated rings. The molecule has 0 radical (unpaired) electrons. The summed E-state index contributed by atoms with van der Waals surface area (Å²) >= 11 is 1.64. The number of allylic oxidation sites excluding steroid dienone is 6. The Labute approximate surface area is 216 Å². The number of rotatable bonds is 7. The van der Waals surface area contributed by atoms with Crippen molar-refractivity contribution in [2.45, 2.75) is 38.5 Å². The first-order valence-electron chi connectivity index (χ1n) is 12.7. The number of thiophene rings is 1. The number of aryl methyl sites for hydroxylation is 1. The lowest BCUT2D eigenvalue weighted by molar-refractivity contribution is -0.132. The van der Waals surface area contributed by atoms with Crippen LogP contribution in [0.2, 0.25) is 0 Å². The van der Waals surface area contributed by atoms with Gasteiger partial charge in [-0.3, -0.25) is 9.59 Å². The highest BCUT2D eigenvalue weighted by atomic mass is 32.1. The number of nitrogens with zero attached hydrogens (tertiary/aromatic N) is 1. The number of hydrogen-bond acceptors (Lipinski definition) is 4. The number of benzene rings is 2. The van der Waals surface area contributed by atoms with Crippen molar-refractivity contribution in [3.63, 3.8) is 0 Å². The van der Waals surface area contributed by atoms with Crippen LogP contribution >= 0.6 is 11.3 Å². The normalized spacial score (nSPS) is 15.6. The minimum absolute atomic E-state index is 0.0236. The van der Waals surface area contributed by atoms with Crippen molar-refractivity contribution in [1.82, 2.24) is 4.90 Å². The Balaban J connectivity index is 1.40. The molecule has 0 saturated carbocycles. The monoisotopic (exact) mass is 497 g/mol. The molecule has 184 valence electrons. The molecule has 0 N–H and O–H groups in total. The third-order valence-corrected chi connectivity index (χ3v) is 8.19. The van der Waals surface area contributed by atoms with E-state index in [0.29, 0.717) is 18.4 Å². The summed E-state index contributed by atoms with van der Waals surface area (Å²) in [6, 6.07) is 13.7. The van der Waals surface area contributed by atoms with Gasteiger partial charge in [0.1, 0.15) is 5.75 Å². The van der Waals surface area contributed by atoms with Gasteiger partial charge in [0.15, 0.2) is 5.78 Å². The third kappa shape index (κ3) is 5.21. The smallest absolute Gasteiger partial charge is 0.222 e. The Hall–Kier alpha value is -3.44. The number of hydrogen-bond donors (Lipinski definition) is 0. The SMILES string of the molecule is COc1ccc2c(C(=O)c3ccc(CCC(=O)N4CCCCC4)cc3)c(C3=CC=CC=CC3)sc2c1. The standard InChI is InChI=1S/C31H31NO3S/c1-35-25-16-17-26-27(21-25)36-31(24-9-5-2-3-6-10-24)29(26)30(34)23-14-11-22(12-15-23)13-18-28(33)32-19-7-4-8-20-32/h2-3,5-6,9,11-12,14-17,21H,4,7-8,10,13,18-20H2,1H3. The van der Waals surface area contributed by atoms with Crippen LogP contribution in [0.15, 0.2) is 72.8 Å². The molecule has 0 bridgehead atoms. The number of fused-ring (bicyclic) bond motifs is 1. The van der Waals surface area contributed by atoms with Crippen LogP contribution in [-0.2, 0) is 11.2 Å². The number of amides is 1. The van der Waals surface area contributed by atoms with Gasteiger partial charge in [0, 0.05) is 45.6 Å². The lowest BCUT2D eigenvalue weighted by Crippen LogP contribution is -2.35. The molecule has 0 spiro atoms. The number of carbonyl (C=O) groups excluding carboxylic acids is 2. The van der Waals surface area contributed by atoms with E-state index in [9.17, 15) is 9.59 Å². The summed E-state index contributed by atoms with van der Waals surface area (Å²) in [7, 11) is 1.66. The van der Waals surface area contributed by atoms with Crippen LogP contribution in [0.1, 0.15) is 58.5 Å². The fourth-order valence-electron chi connectivity index (χ4n) is 4.92. The fraction of sp³-hybridized carbons (Fsp3) is 0.290. The molecule has 0 unspecified atom stereocenters. The molecule has 1 aliphatic carbocycles. The number of likely N-dealkylation sites (tertiary alicyclic amines) is 1. The largest absolute Gasteiger partial charge is 0.497 e. The molecule has 1 aliphatic heterocycles. The van der Waals surface area contributed by atoms with Gasteiger partial charge in [0.05, 0.1) is 7.11 Å². The summed E-state index contributed by atoms with van der Waals surface area (Å²) < 4.78 is 6.47. The predicted octanol–water partition coefficient (Wildman–Crippen LogP) is 6.99. The van der Waals surface area contributed by atoms with Gasteiger partial charge >= 0.3 is 0 Å². The first-order valence-corrected chi connectivity index (χ1v) is 13.5. The highest BCUT2D eigenvalue weighted by Gasteiger charge is 2.23. The highest BCUT2D eigenvalue weighted by molar-refractivity contribution is 7.20. The van der Waals surface area contributed by atoms with E-state index in [0.717, 1.165) is 69.8 Å². The lowest BCUT2D eigenvalue weighted by Gasteiger charge is -2.26. The Bertz CT molecular complexity index is 1350. The molecule has 4 nitrogen and oxygen atoms in total. The molecule has 1 aromatic heterocycles. The molecule has 1 saturated heterocycles. The van der Waals surface area contributed by atoms with Crippen molar-refractivity contribution < 1.29 is 14.3 Å². The van der Waals surface area contributed by atoms with Crippen LogP contribution in [-0.4, -0.2) is 36.8 Å². The van der Waals surface area contributed by atoms with Gasteiger partial charge in [-0.2, -0.15) is 0 Å². The zero-order valence-electron chi connectivity index (χ0n) is 20.7. The summed E-state index contributed by atoms with van der Waals surface area (Å²) in [5.41, 5.74) is 3.63. The van der Waals surface area contributed by atoms with E-state index in [1.807, 2.05) is 65.6 Å². The molecule has 5 rings (SSSR count). The fourth-order valence-corrected chi connectivity index (χ4v) is 6.18. The van der Waals surface area contributed by atoms with Crippen LogP contribution in [0.5, 0.6) is 5.75 Å².